The zero-order chi connectivity index (χ0) is 16.8. The van der Waals surface area contributed by atoms with Gasteiger partial charge in [-0.3, -0.25) is 4.99 Å². The zero-order valence-electron chi connectivity index (χ0n) is 13.2. The van der Waals surface area contributed by atoms with E-state index in [4.69, 9.17) is 11.6 Å². The fourth-order valence-electron chi connectivity index (χ4n) is 2.95. The number of halogens is 1. The smallest absolute Gasteiger partial charge is 0.337 e. The van der Waals surface area contributed by atoms with Crippen molar-refractivity contribution in [1.82, 2.24) is 5.32 Å². The van der Waals surface area contributed by atoms with Crippen LogP contribution in [0.25, 0.3) is 0 Å². The molecule has 4 nitrogen and oxygen atoms in total. The lowest BCUT2D eigenvalue weighted by Crippen LogP contribution is -2.25. The summed E-state index contributed by atoms with van der Waals surface area (Å²) in [7, 11) is 0. The molecule has 2 N–H and O–H groups in total. The molecule has 0 amide bonds. The highest BCUT2D eigenvalue weighted by Crippen LogP contribution is 2.32. The van der Waals surface area contributed by atoms with Crippen molar-refractivity contribution in [3.63, 3.8) is 0 Å². The van der Waals surface area contributed by atoms with Gasteiger partial charge in [-0.15, -0.1) is 0 Å². The first-order chi connectivity index (χ1) is 11.0. The predicted octanol–water partition coefficient (Wildman–Crippen LogP) is 3.92. The summed E-state index contributed by atoms with van der Waals surface area (Å²) >= 11 is 6.07. The molecule has 0 aromatic heterocycles. The van der Waals surface area contributed by atoms with E-state index in [1.54, 1.807) is 6.92 Å². The van der Waals surface area contributed by atoms with E-state index in [0.29, 0.717) is 18.2 Å². The number of hydrogen-bond acceptors (Lipinski definition) is 3. The molecule has 0 radical (unpaired) electrons. The number of carboxylic acid groups (broad SMARTS) is 1. The number of rotatable bonds is 6. The second-order valence-corrected chi connectivity index (χ2v) is 6.09. The number of fused-ring (bicyclic) bond motifs is 1. The van der Waals surface area contributed by atoms with Gasteiger partial charge in [0.15, 0.2) is 0 Å². The minimum absolute atomic E-state index is 0.199. The molecule has 1 aromatic carbocycles. The number of carboxylic acids is 1. The van der Waals surface area contributed by atoms with Gasteiger partial charge in [-0.2, -0.15) is 0 Å². The third-order valence-corrected chi connectivity index (χ3v) is 4.37. The Bertz CT molecular complexity index is 665. The Labute approximate surface area is 141 Å². The predicted molar refractivity (Wildman–Crippen MR) is 94.2 cm³/mol. The molecule has 0 spiro atoms. The molecule has 5 heteroatoms. The highest BCUT2D eigenvalue weighted by Gasteiger charge is 2.20. The SMILES string of the molecule is C=N/C=C\C(C(=O)O)=C(/C)NCC1CCCc2cc(Cl)ccc21. The Morgan fingerprint density at radius 2 is 2.35 bits per heavy atom. The van der Waals surface area contributed by atoms with E-state index in [2.05, 4.69) is 23.1 Å². The van der Waals surface area contributed by atoms with Crippen LogP contribution in [0.3, 0.4) is 0 Å². The molecule has 1 atom stereocenters. The molecule has 122 valence electrons. The first kappa shape index (κ1) is 17.3. The number of aliphatic imine (C=N–C) groups is 1. The van der Waals surface area contributed by atoms with Crippen molar-refractivity contribution < 1.29 is 9.90 Å². The summed E-state index contributed by atoms with van der Waals surface area (Å²) in [6, 6.07) is 6.04. The van der Waals surface area contributed by atoms with Crippen LogP contribution in [-0.2, 0) is 11.2 Å². The summed E-state index contributed by atoms with van der Waals surface area (Å²) in [6.45, 7) is 5.79. The van der Waals surface area contributed by atoms with Crippen LogP contribution in [0, 0.1) is 0 Å². The van der Waals surface area contributed by atoms with E-state index in [1.807, 2.05) is 12.1 Å². The standard InChI is InChI=1S/C18H21ClN2O2/c1-12(16(18(22)23)8-9-20-2)21-11-14-5-3-4-13-10-15(19)6-7-17(13)14/h6-10,14,21H,2-5,11H2,1H3,(H,22,23)/b9-8-,16-12-. The van der Waals surface area contributed by atoms with Crippen LogP contribution in [0.2, 0.25) is 5.02 Å². The highest BCUT2D eigenvalue weighted by molar-refractivity contribution is 6.30. The van der Waals surface area contributed by atoms with Crippen molar-refractivity contribution in [2.45, 2.75) is 32.1 Å². The molecular weight excluding hydrogens is 312 g/mol. The first-order valence-electron chi connectivity index (χ1n) is 7.61. The van der Waals surface area contributed by atoms with Crippen LogP contribution in [0.4, 0.5) is 0 Å². The molecule has 1 aliphatic carbocycles. The molecule has 0 aliphatic heterocycles. The van der Waals surface area contributed by atoms with Gasteiger partial charge in [0.05, 0.1) is 5.57 Å². The second-order valence-electron chi connectivity index (χ2n) is 5.66. The Balaban J connectivity index is 2.13. The van der Waals surface area contributed by atoms with Gasteiger partial charge in [0.2, 0.25) is 0 Å². The van der Waals surface area contributed by atoms with Gasteiger partial charge in [0.25, 0.3) is 0 Å². The fourth-order valence-corrected chi connectivity index (χ4v) is 3.15. The minimum atomic E-state index is -0.981. The molecule has 0 bridgehead atoms. The van der Waals surface area contributed by atoms with E-state index < -0.39 is 5.97 Å². The second kappa shape index (κ2) is 7.97. The van der Waals surface area contributed by atoms with E-state index in [1.165, 1.54) is 23.4 Å². The first-order valence-corrected chi connectivity index (χ1v) is 7.99. The number of aliphatic carboxylic acids is 1. The Morgan fingerprint density at radius 1 is 1.57 bits per heavy atom. The van der Waals surface area contributed by atoms with Crippen molar-refractivity contribution in [2.24, 2.45) is 4.99 Å². The maximum atomic E-state index is 11.3. The molecular formula is C18H21ClN2O2. The Morgan fingerprint density at radius 3 is 3.04 bits per heavy atom. The largest absolute Gasteiger partial charge is 0.478 e. The lowest BCUT2D eigenvalue weighted by Gasteiger charge is -2.26. The van der Waals surface area contributed by atoms with Gasteiger partial charge in [0, 0.05) is 29.4 Å². The van der Waals surface area contributed by atoms with E-state index in [9.17, 15) is 9.90 Å². The van der Waals surface area contributed by atoms with Crippen LogP contribution in [-0.4, -0.2) is 24.3 Å². The van der Waals surface area contributed by atoms with Crippen LogP contribution in [0.1, 0.15) is 36.8 Å². The van der Waals surface area contributed by atoms with Crippen molar-refractivity contribution in [3.05, 3.63) is 57.9 Å². The number of hydrogen-bond donors (Lipinski definition) is 2. The van der Waals surface area contributed by atoms with Gasteiger partial charge in [-0.1, -0.05) is 17.7 Å². The Kier molecular flexibility index (Phi) is 5.99. The molecule has 0 saturated heterocycles. The van der Waals surface area contributed by atoms with E-state index in [0.717, 1.165) is 24.3 Å². The van der Waals surface area contributed by atoms with Crippen LogP contribution in [0.5, 0.6) is 0 Å². The van der Waals surface area contributed by atoms with E-state index >= 15 is 0 Å². The third-order valence-electron chi connectivity index (χ3n) is 4.14. The van der Waals surface area contributed by atoms with Crippen molar-refractivity contribution in [1.29, 1.82) is 0 Å². The molecule has 0 fully saturated rings. The Hall–Kier alpha value is -2.07. The number of allylic oxidation sites excluding steroid dienone is 1. The molecule has 0 heterocycles. The molecule has 0 saturated carbocycles. The lowest BCUT2D eigenvalue weighted by molar-refractivity contribution is -0.132. The van der Waals surface area contributed by atoms with Gasteiger partial charge < -0.3 is 10.4 Å². The maximum Gasteiger partial charge on any atom is 0.337 e. The molecule has 1 aromatic rings. The number of nitrogens with zero attached hydrogens (tertiary/aromatic N) is 1. The van der Waals surface area contributed by atoms with Gasteiger partial charge >= 0.3 is 5.97 Å². The van der Waals surface area contributed by atoms with Crippen LogP contribution < -0.4 is 5.32 Å². The van der Waals surface area contributed by atoms with E-state index in [-0.39, 0.29) is 5.57 Å². The zero-order valence-corrected chi connectivity index (χ0v) is 13.9. The molecule has 1 unspecified atom stereocenters. The number of benzene rings is 1. The summed E-state index contributed by atoms with van der Waals surface area (Å²) in [5, 5.41) is 13.3. The quantitative estimate of drug-likeness (QED) is 0.471. The minimum Gasteiger partial charge on any atom is -0.478 e. The number of carbonyl (C=O) groups is 1. The number of nitrogens with one attached hydrogen (secondary N) is 1. The van der Waals surface area contributed by atoms with Gasteiger partial charge in [0.1, 0.15) is 0 Å². The van der Waals surface area contributed by atoms with Crippen molar-refractivity contribution in [2.75, 3.05) is 6.54 Å². The fraction of sp³-hybridized carbons (Fsp3) is 0.333. The third kappa shape index (κ3) is 4.45. The topological polar surface area (TPSA) is 61.7 Å². The molecule has 1 aliphatic rings. The summed E-state index contributed by atoms with van der Waals surface area (Å²) in [4.78, 5) is 14.9. The number of aryl methyl sites for hydroxylation is 1. The average Bonchev–Trinajstić information content (AvgIpc) is 2.52. The van der Waals surface area contributed by atoms with Crippen molar-refractivity contribution in [3.8, 4) is 0 Å². The van der Waals surface area contributed by atoms with Gasteiger partial charge in [-0.05, 0) is 62.2 Å². The lowest BCUT2D eigenvalue weighted by atomic mass is 9.83. The van der Waals surface area contributed by atoms with Gasteiger partial charge in [-0.25, -0.2) is 4.79 Å². The van der Waals surface area contributed by atoms with Crippen LogP contribution in [0.15, 0.2) is 46.7 Å². The van der Waals surface area contributed by atoms with Crippen LogP contribution >= 0.6 is 11.6 Å². The molecule has 2 rings (SSSR count). The monoisotopic (exact) mass is 332 g/mol. The summed E-state index contributed by atoms with van der Waals surface area (Å²) < 4.78 is 0. The molecule has 23 heavy (non-hydrogen) atoms. The highest BCUT2D eigenvalue weighted by atomic mass is 35.5. The summed E-state index contributed by atoms with van der Waals surface area (Å²) in [5.41, 5.74) is 3.43. The average molecular weight is 333 g/mol. The van der Waals surface area contributed by atoms with Crippen molar-refractivity contribution >= 4 is 24.3 Å². The summed E-state index contributed by atoms with van der Waals surface area (Å²) in [6.07, 6.45) is 6.09. The summed E-state index contributed by atoms with van der Waals surface area (Å²) in [5.74, 6) is -0.617. The normalized spacial score (nSPS) is 18.3. The maximum absolute atomic E-state index is 11.3.